The number of carbonyl (C=O) groups is 2. The highest BCUT2D eigenvalue weighted by Crippen LogP contribution is 2.33. The van der Waals surface area contributed by atoms with Crippen molar-refractivity contribution in [3.05, 3.63) is 95.7 Å². The molecular formula is C24H18N2O3. The van der Waals surface area contributed by atoms with E-state index in [0.717, 1.165) is 33.7 Å². The van der Waals surface area contributed by atoms with E-state index in [0.29, 0.717) is 23.5 Å². The molecule has 0 bridgehead atoms. The van der Waals surface area contributed by atoms with Crippen LogP contribution in [-0.2, 0) is 6.42 Å². The number of aromatic nitrogens is 1. The lowest BCUT2D eigenvalue weighted by Gasteiger charge is -2.15. The van der Waals surface area contributed by atoms with Crippen LogP contribution in [0.25, 0.3) is 22.0 Å². The third kappa shape index (κ3) is 3.84. The molecule has 142 valence electrons. The standard InChI is InChI=1S/C24H18N2O3/c27-15-19-8-5-11-22(25-19)23-18(13-12-16-6-1-3-9-20(16)23)14-17-7-2-4-10-21(17)26-24(28)29/h1-13,15,26H,14H2,(H,28,29). The molecule has 2 N–H and O–H groups in total. The van der Waals surface area contributed by atoms with Crippen molar-refractivity contribution in [3.8, 4) is 11.3 Å². The quantitative estimate of drug-likeness (QED) is 0.453. The molecule has 0 atom stereocenters. The number of fused-ring (bicyclic) bond motifs is 1. The Morgan fingerprint density at radius 2 is 1.69 bits per heavy atom. The minimum absolute atomic E-state index is 0.370. The van der Waals surface area contributed by atoms with Gasteiger partial charge >= 0.3 is 6.09 Å². The van der Waals surface area contributed by atoms with Gasteiger partial charge in [0.1, 0.15) is 5.69 Å². The highest BCUT2D eigenvalue weighted by molar-refractivity contribution is 5.98. The van der Waals surface area contributed by atoms with Crippen LogP contribution in [0.15, 0.2) is 78.9 Å². The fourth-order valence-corrected chi connectivity index (χ4v) is 3.54. The number of anilines is 1. The predicted octanol–water partition coefficient (Wildman–Crippen LogP) is 5.40. The van der Waals surface area contributed by atoms with Gasteiger partial charge in [-0.05, 0) is 40.1 Å². The third-order valence-corrected chi connectivity index (χ3v) is 4.80. The molecule has 1 amide bonds. The van der Waals surface area contributed by atoms with Crippen LogP contribution in [0.4, 0.5) is 10.5 Å². The maximum absolute atomic E-state index is 11.3. The molecule has 0 saturated carbocycles. The van der Waals surface area contributed by atoms with Crippen molar-refractivity contribution in [2.75, 3.05) is 5.32 Å². The van der Waals surface area contributed by atoms with Crippen LogP contribution >= 0.6 is 0 Å². The van der Waals surface area contributed by atoms with Crippen molar-refractivity contribution in [2.24, 2.45) is 0 Å². The molecule has 4 aromatic rings. The van der Waals surface area contributed by atoms with Gasteiger partial charge in [-0.3, -0.25) is 10.1 Å². The second kappa shape index (κ2) is 7.94. The highest BCUT2D eigenvalue weighted by Gasteiger charge is 2.14. The van der Waals surface area contributed by atoms with Gasteiger partial charge in [0.15, 0.2) is 6.29 Å². The molecule has 0 aliphatic carbocycles. The minimum Gasteiger partial charge on any atom is -0.465 e. The number of carboxylic acid groups (broad SMARTS) is 1. The Morgan fingerprint density at radius 3 is 2.52 bits per heavy atom. The van der Waals surface area contributed by atoms with Gasteiger partial charge in [0.05, 0.1) is 5.69 Å². The smallest absolute Gasteiger partial charge is 0.409 e. The Labute approximate surface area is 167 Å². The fourth-order valence-electron chi connectivity index (χ4n) is 3.54. The summed E-state index contributed by atoms with van der Waals surface area (Å²) >= 11 is 0. The van der Waals surface area contributed by atoms with Crippen LogP contribution in [0.5, 0.6) is 0 Å². The molecule has 0 aliphatic rings. The SMILES string of the molecule is O=Cc1cccc(-c2c(Cc3ccccc3NC(=O)O)ccc3ccccc23)n1. The molecule has 3 aromatic carbocycles. The van der Waals surface area contributed by atoms with E-state index in [1.54, 1.807) is 18.2 Å². The van der Waals surface area contributed by atoms with Gasteiger partial charge in [-0.25, -0.2) is 9.78 Å². The van der Waals surface area contributed by atoms with Crippen molar-refractivity contribution in [1.29, 1.82) is 0 Å². The Bertz CT molecular complexity index is 1220. The van der Waals surface area contributed by atoms with Gasteiger partial charge < -0.3 is 5.11 Å². The first-order valence-corrected chi connectivity index (χ1v) is 9.17. The number of benzene rings is 3. The number of para-hydroxylation sites is 1. The number of nitrogens with one attached hydrogen (secondary N) is 1. The van der Waals surface area contributed by atoms with Crippen LogP contribution in [-0.4, -0.2) is 22.5 Å². The van der Waals surface area contributed by atoms with Crippen molar-refractivity contribution in [1.82, 2.24) is 4.98 Å². The topological polar surface area (TPSA) is 79.3 Å². The number of aldehydes is 1. The number of hydrogen-bond donors (Lipinski definition) is 2. The molecule has 5 heteroatoms. The number of carbonyl (C=O) groups excluding carboxylic acids is 1. The molecule has 0 spiro atoms. The van der Waals surface area contributed by atoms with E-state index in [4.69, 9.17) is 5.11 Å². The summed E-state index contributed by atoms with van der Waals surface area (Å²) in [6.07, 6.45) is 0.154. The van der Waals surface area contributed by atoms with Crippen LogP contribution in [0.1, 0.15) is 21.6 Å². The Hall–Kier alpha value is -3.99. The van der Waals surface area contributed by atoms with Gasteiger partial charge in [-0.2, -0.15) is 0 Å². The Morgan fingerprint density at radius 1 is 0.897 bits per heavy atom. The number of rotatable bonds is 5. The van der Waals surface area contributed by atoms with Crippen molar-refractivity contribution in [2.45, 2.75) is 6.42 Å². The van der Waals surface area contributed by atoms with Crippen LogP contribution in [0.2, 0.25) is 0 Å². The largest absolute Gasteiger partial charge is 0.465 e. The zero-order valence-corrected chi connectivity index (χ0v) is 15.5. The van der Waals surface area contributed by atoms with E-state index >= 15 is 0 Å². The van der Waals surface area contributed by atoms with E-state index in [-0.39, 0.29) is 0 Å². The summed E-state index contributed by atoms with van der Waals surface area (Å²) in [6, 6.07) is 24.8. The molecule has 0 unspecified atom stereocenters. The summed E-state index contributed by atoms with van der Waals surface area (Å²) in [6.45, 7) is 0. The van der Waals surface area contributed by atoms with Gasteiger partial charge in [-0.1, -0.05) is 60.7 Å². The van der Waals surface area contributed by atoms with E-state index in [2.05, 4.69) is 10.3 Å². The van der Waals surface area contributed by atoms with Gasteiger partial charge in [0, 0.05) is 17.7 Å². The second-order valence-corrected chi connectivity index (χ2v) is 6.65. The number of pyridine rings is 1. The van der Waals surface area contributed by atoms with E-state index in [9.17, 15) is 9.59 Å². The van der Waals surface area contributed by atoms with E-state index < -0.39 is 6.09 Å². The first kappa shape index (κ1) is 18.4. The Balaban J connectivity index is 1.90. The summed E-state index contributed by atoms with van der Waals surface area (Å²) in [5, 5.41) is 13.7. The average Bonchev–Trinajstić information content (AvgIpc) is 2.74. The molecule has 1 heterocycles. The zero-order chi connectivity index (χ0) is 20.2. The number of hydrogen-bond acceptors (Lipinski definition) is 3. The van der Waals surface area contributed by atoms with Gasteiger partial charge in [0.25, 0.3) is 0 Å². The summed E-state index contributed by atoms with van der Waals surface area (Å²) < 4.78 is 0. The molecular weight excluding hydrogens is 364 g/mol. The molecule has 5 nitrogen and oxygen atoms in total. The predicted molar refractivity (Wildman–Crippen MR) is 113 cm³/mol. The summed E-state index contributed by atoms with van der Waals surface area (Å²) in [7, 11) is 0. The second-order valence-electron chi connectivity index (χ2n) is 6.65. The fraction of sp³-hybridized carbons (Fsp3) is 0.0417. The van der Waals surface area contributed by atoms with E-state index in [1.165, 1.54) is 0 Å². The third-order valence-electron chi connectivity index (χ3n) is 4.80. The number of nitrogens with zero attached hydrogens (tertiary/aromatic N) is 1. The lowest BCUT2D eigenvalue weighted by Crippen LogP contribution is -2.09. The van der Waals surface area contributed by atoms with Crippen molar-refractivity contribution >= 4 is 28.8 Å². The van der Waals surface area contributed by atoms with Crippen LogP contribution < -0.4 is 5.32 Å². The molecule has 0 radical (unpaired) electrons. The molecule has 0 saturated heterocycles. The maximum Gasteiger partial charge on any atom is 0.409 e. The molecule has 29 heavy (non-hydrogen) atoms. The lowest BCUT2D eigenvalue weighted by atomic mass is 9.92. The monoisotopic (exact) mass is 382 g/mol. The van der Waals surface area contributed by atoms with Gasteiger partial charge in [-0.15, -0.1) is 0 Å². The summed E-state index contributed by atoms with van der Waals surface area (Å²) in [5.41, 5.74) is 4.43. The molecule has 1 aromatic heterocycles. The van der Waals surface area contributed by atoms with Crippen LogP contribution in [0, 0.1) is 0 Å². The minimum atomic E-state index is -1.10. The van der Waals surface area contributed by atoms with Crippen LogP contribution in [0.3, 0.4) is 0 Å². The first-order chi connectivity index (χ1) is 14.2. The molecule has 0 aliphatic heterocycles. The number of amides is 1. The van der Waals surface area contributed by atoms with Gasteiger partial charge in [0.2, 0.25) is 0 Å². The first-order valence-electron chi connectivity index (χ1n) is 9.17. The lowest BCUT2D eigenvalue weighted by molar-refractivity contribution is 0.111. The zero-order valence-electron chi connectivity index (χ0n) is 15.5. The molecule has 4 rings (SSSR count). The maximum atomic E-state index is 11.3. The average molecular weight is 382 g/mol. The highest BCUT2D eigenvalue weighted by atomic mass is 16.4. The summed E-state index contributed by atoms with van der Waals surface area (Å²) in [5.74, 6) is 0. The molecule has 0 fully saturated rings. The van der Waals surface area contributed by atoms with Crippen molar-refractivity contribution in [3.63, 3.8) is 0 Å². The summed E-state index contributed by atoms with van der Waals surface area (Å²) in [4.78, 5) is 26.9. The normalized spacial score (nSPS) is 10.6. The van der Waals surface area contributed by atoms with E-state index in [1.807, 2.05) is 60.7 Å². The Kier molecular flexibility index (Phi) is 5.03. The van der Waals surface area contributed by atoms with Crippen molar-refractivity contribution < 1.29 is 14.7 Å².